The van der Waals surface area contributed by atoms with Crippen LogP contribution in [0.2, 0.25) is 0 Å². The summed E-state index contributed by atoms with van der Waals surface area (Å²) in [6.45, 7) is 3.48. The Bertz CT molecular complexity index is 1020. The molecule has 2 heterocycles. The summed E-state index contributed by atoms with van der Waals surface area (Å²) < 4.78 is 5.07. The van der Waals surface area contributed by atoms with E-state index in [2.05, 4.69) is 15.1 Å². The first-order valence-electron chi connectivity index (χ1n) is 9.97. The molecule has 0 amide bonds. The maximum absolute atomic E-state index is 11.8. The van der Waals surface area contributed by atoms with Gasteiger partial charge in [0, 0.05) is 50.0 Å². The highest BCUT2D eigenvalue weighted by atomic mass is 16.6. The number of nitro groups is 1. The third kappa shape index (κ3) is 4.43. The Morgan fingerprint density at radius 2 is 1.94 bits per heavy atom. The Hall–Kier alpha value is -3.66. The third-order valence-corrected chi connectivity index (χ3v) is 5.59. The molecule has 162 valence electrons. The smallest absolute Gasteiger partial charge is 0.335 e. The minimum absolute atomic E-state index is 0.143. The fourth-order valence-corrected chi connectivity index (χ4v) is 3.97. The number of ether oxygens (including phenoxy) is 1. The molecule has 2 aliphatic heterocycles. The van der Waals surface area contributed by atoms with E-state index in [9.17, 15) is 19.7 Å². The zero-order valence-corrected chi connectivity index (χ0v) is 16.7. The quantitative estimate of drug-likeness (QED) is 0.407. The van der Waals surface area contributed by atoms with Crippen LogP contribution in [0.4, 0.5) is 22.7 Å². The number of aromatic carboxylic acids is 1. The van der Waals surface area contributed by atoms with Crippen molar-refractivity contribution in [1.29, 1.82) is 0 Å². The number of carbonyl (C=O) groups is 2. The van der Waals surface area contributed by atoms with Crippen LogP contribution in [0, 0.1) is 10.1 Å². The van der Waals surface area contributed by atoms with E-state index in [1.165, 1.54) is 12.1 Å². The number of benzene rings is 2. The van der Waals surface area contributed by atoms with Gasteiger partial charge in [0.25, 0.3) is 5.69 Å². The van der Waals surface area contributed by atoms with Crippen LogP contribution < -0.4 is 10.2 Å². The van der Waals surface area contributed by atoms with Gasteiger partial charge in [-0.15, -0.1) is 0 Å². The van der Waals surface area contributed by atoms with Crippen LogP contribution in [0.3, 0.4) is 0 Å². The van der Waals surface area contributed by atoms with Gasteiger partial charge in [-0.05, 0) is 30.3 Å². The van der Waals surface area contributed by atoms with E-state index in [4.69, 9.17) is 9.84 Å². The Morgan fingerprint density at radius 3 is 2.58 bits per heavy atom. The number of nitro benzene ring substituents is 1. The molecule has 2 aromatic rings. The molecule has 2 fully saturated rings. The number of nitrogens with zero attached hydrogens (tertiary/aromatic N) is 3. The van der Waals surface area contributed by atoms with Crippen LogP contribution >= 0.6 is 0 Å². The highest BCUT2D eigenvalue weighted by molar-refractivity contribution is 5.90. The summed E-state index contributed by atoms with van der Waals surface area (Å²) in [6, 6.07) is 11.1. The van der Waals surface area contributed by atoms with E-state index in [0.29, 0.717) is 12.3 Å². The van der Waals surface area contributed by atoms with E-state index in [0.717, 1.165) is 44.4 Å². The van der Waals surface area contributed by atoms with Crippen LogP contribution in [0.5, 0.6) is 0 Å². The Balaban J connectivity index is 1.46. The highest BCUT2D eigenvalue weighted by Gasteiger charge is 2.34. The Labute approximate surface area is 178 Å². The average molecular weight is 426 g/mol. The second-order valence-corrected chi connectivity index (χ2v) is 7.46. The lowest BCUT2D eigenvalue weighted by molar-refractivity contribution is -0.383. The van der Waals surface area contributed by atoms with E-state index >= 15 is 0 Å². The number of hydrogen-bond donors (Lipinski definition) is 2. The van der Waals surface area contributed by atoms with Gasteiger partial charge in [0.1, 0.15) is 11.7 Å². The Kier molecular flexibility index (Phi) is 5.72. The van der Waals surface area contributed by atoms with Gasteiger partial charge >= 0.3 is 11.9 Å². The molecule has 2 N–H and O–H groups in total. The average Bonchev–Trinajstić information content (AvgIpc) is 3.20. The summed E-state index contributed by atoms with van der Waals surface area (Å²) in [4.78, 5) is 38.1. The van der Waals surface area contributed by atoms with Gasteiger partial charge in [0.15, 0.2) is 0 Å². The molecule has 0 radical (unpaired) electrons. The molecule has 2 saturated heterocycles. The normalized spacial score (nSPS) is 19.2. The number of hydrogen-bond acceptors (Lipinski definition) is 8. The molecule has 0 bridgehead atoms. The maximum Gasteiger partial charge on any atom is 0.335 e. The number of esters is 1. The SMILES string of the molecule is O=C(O)c1ccc(Nc2cccc(N3CCN(C4CCOC4=O)CC3)c2)c([N+](=O)[O-])c1. The van der Waals surface area contributed by atoms with Crippen molar-refractivity contribution >= 4 is 34.7 Å². The predicted octanol–water partition coefficient (Wildman–Crippen LogP) is 2.47. The molecular weight excluding hydrogens is 404 g/mol. The van der Waals surface area contributed by atoms with Crippen LogP contribution in [-0.2, 0) is 9.53 Å². The Morgan fingerprint density at radius 1 is 1.16 bits per heavy atom. The summed E-state index contributed by atoms with van der Waals surface area (Å²) >= 11 is 0. The molecule has 0 saturated carbocycles. The standard InChI is InChI=1S/C21H22N4O6/c26-20(27)14-4-5-17(19(12-14)25(29)30)22-15-2-1-3-16(13-15)23-7-9-24(10-8-23)18-6-11-31-21(18)28/h1-5,12-13,18,22H,6-11H2,(H,26,27). The van der Waals surface area contributed by atoms with Crippen LogP contribution in [0.15, 0.2) is 42.5 Å². The van der Waals surface area contributed by atoms with E-state index in [1.807, 2.05) is 18.2 Å². The minimum Gasteiger partial charge on any atom is -0.478 e. The molecule has 10 nitrogen and oxygen atoms in total. The summed E-state index contributed by atoms with van der Waals surface area (Å²) in [5.41, 5.74) is 1.39. The third-order valence-electron chi connectivity index (χ3n) is 5.59. The number of rotatable bonds is 6. The molecule has 2 aromatic carbocycles. The summed E-state index contributed by atoms with van der Waals surface area (Å²) in [5.74, 6) is -1.36. The van der Waals surface area contributed by atoms with Gasteiger partial charge in [0.2, 0.25) is 0 Å². The van der Waals surface area contributed by atoms with Crippen molar-refractivity contribution in [3.63, 3.8) is 0 Å². The maximum atomic E-state index is 11.8. The first kappa shape index (κ1) is 20.6. The number of carboxylic acid groups (broad SMARTS) is 1. The van der Waals surface area contributed by atoms with Crippen molar-refractivity contribution in [2.24, 2.45) is 0 Å². The summed E-state index contributed by atoms with van der Waals surface area (Å²) in [6.07, 6.45) is 0.734. The van der Waals surface area contributed by atoms with Gasteiger partial charge in [-0.25, -0.2) is 4.79 Å². The largest absolute Gasteiger partial charge is 0.478 e. The minimum atomic E-state index is -1.22. The molecule has 4 rings (SSSR count). The first-order chi connectivity index (χ1) is 14.9. The van der Waals surface area contributed by atoms with Gasteiger partial charge in [-0.3, -0.25) is 19.8 Å². The molecule has 0 aliphatic carbocycles. The second-order valence-electron chi connectivity index (χ2n) is 7.46. The lowest BCUT2D eigenvalue weighted by Gasteiger charge is -2.37. The van der Waals surface area contributed by atoms with E-state index in [1.54, 1.807) is 6.07 Å². The fourth-order valence-electron chi connectivity index (χ4n) is 3.97. The van der Waals surface area contributed by atoms with Gasteiger partial charge in [0.05, 0.1) is 17.1 Å². The molecule has 0 spiro atoms. The number of carboxylic acids is 1. The van der Waals surface area contributed by atoms with Crippen molar-refractivity contribution in [1.82, 2.24) is 4.90 Å². The highest BCUT2D eigenvalue weighted by Crippen LogP contribution is 2.30. The zero-order valence-electron chi connectivity index (χ0n) is 16.7. The number of nitrogens with one attached hydrogen (secondary N) is 1. The molecule has 1 atom stereocenters. The molecule has 2 aliphatic rings. The molecule has 10 heteroatoms. The van der Waals surface area contributed by atoms with Crippen molar-refractivity contribution < 1.29 is 24.4 Å². The second kappa shape index (κ2) is 8.60. The first-order valence-corrected chi connectivity index (χ1v) is 9.97. The molecule has 31 heavy (non-hydrogen) atoms. The van der Waals surface area contributed by atoms with Gasteiger partial charge in [-0.1, -0.05) is 6.07 Å². The van der Waals surface area contributed by atoms with Crippen LogP contribution in [0.1, 0.15) is 16.8 Å². The monoisotopic (exact) mass is 426 g/mol. The predicted molar refractivity (Wildman–Crippen MR) is 113 cm³/mol. The number of cyclic esters (lactones) is 1. The molecular formula is C21H22N4O6. The topological polar surface area (TPSA) is 125 Å². The van der Waals surface area contributed by atoms with Crippen LogP contribution in [-0.4, -0.2) is 65.7 Å². The van der Waals surface area contributed by atoms with Crippen molar-refractivity contribution in [2.45, 2.75) is 12.5 Å². The van der Waals surface area contributed by atoms with Crippen molar-refractivity contribution in [3.8, 4) is 0 Å². The lowest BCUT2D eigenvalue weighted by atomic mass is 10.1. The van der Waals surface area contributed by atoms with Crippen molar-refractivity contribution in [2.75, 3.05) is 43.0 Å². The van der Waals surface area contributed by atoms with E-state index in [-0.39, 0.29) is 28.9 Å². The van der Waals surface area contributed by atoms with Gasteiger partial charge in [-0.2, -0.15) is 0 Å². The molecule has 0 aromatic heterocycles. The fraction of sp³-hybridized carbons (Fsp3) is 0.333. The van der Waals surface area contributed by atoms with Gasteiger partial charge < -0.3 is 20.1 Å². The number of carbonyl (C=O) groups excluding carboxylic acids is 1. The van der Waals surface area contributed by atoms with E-state index < -0.39 is 10.9 Å². The summed E-state index contributed by atoms with van der Waals surface area (Å²) in [7, 11) is 0. The number of piperazine rings is 1. The molecule has 1 unspecified atom stereocenters. The van der Waals surface area contributed by atoms with Crippen LogP contribution in [0.25, 0.3) is 0 Å². The van der Waals surface area contributed by atoms with Crippen molar-refractivity contribution in [3.05, 3.63) is 58.1 Å². The lowest BCUT2D eigenvalue weighted by Crippen LogP contribution is -2.51. The number of anilines is 3. The summed E-state index contributed by atoms with van der Waals surface area (Å²) in [5, 5.41) is 23.5. The zero-order chi connectivity index (χ0) is 22.0.